The van der Waals surface area contributed by atoms with E-state index in [4.69, 9.17) is 17.3 Å². The molecular formula is C13H17ClN4S. The van der Waals surface area contributed by atoms with Crippen LogP contribution >= 0.6 is 22.9 Å². The average molecular weight is 297 g/mol. The minimum atomic E-state index is 0.160. The first-order valence-corrected chi connectivity index (χ1v) is 7.34. The van der Waals surface area contributed by atoms with E-state index in [-0.39, 0.29) is 11.3 Å². The third kappa shape index (κ3) is 3.16. The Bertz CT molecular complexity index is 554. The van der Waals surface area contributed by atoms with Gasteiger partial charge in [0.2, 0.25) is 5.28 Å². The topological polar surface area (TPSA) is 63.8 Å². The van der Waals surface area contributed by atoms with Crippen LogP contribution in [0.15, 0.2) is 17.5 Å². The third-order valence-electron chi connectivity index (χ3n) is 2.92. The summed E-state index contributed by atoms with van der Waals surface area (Å²) in [7, 11) is 0. The lowest BCUT2D eigenvalue weighted by molar-refractivity contribution is 0.552. The second kappa shape index (κ2) is 5.75. The molecule has 6 heteroatoms. The predicted octanol–water partition coefficient (Wildman–Crippen LogP) is 3.89. The van der Waals surface area contributed by atoms with Gasteiger partial charge in [-0.25, -0.2) is 4.98 Å². The molecule has 0 saturated heterocycles. The lowest BCUT2D eigenvalue weighted by Gasteiger charge is -2.23. The van der Waals surface area contributed by atoms with E-state index in [0.717, 1.165) is 0 Å². The minimum Gasteiger partial charge on any atom is -0.394 e. The Labute approximate surface area is 122 Å². The average Bonchev–Trinajstić information content (AvgIpc) is 2.84. The number of thiophene rings is 1. The van der Waals surface area contributed by atoms with E-state index >= 15 is 0 Å². The molecule has 0 aromatic carbocycles. The van der Waals surface area contributed by atoms with Crippen molar-refractivity contribution in [3.8, 4) is 0 Å². The van der Waals surface area contributed by atoms with Crippen molar-refractivity contribution >= 4 is 34.4 Å². The standard InChI is InChI=1S/C13H17ClN4S/c1-7(2)11(9-5-4-6-19-9)17-12-10(15)8(3)16-13(14)18-12/h4-7,11H,15H2,1-3H3,(H,16,17,18). The third-order valence-corrected chi connectivity index (χ3v) is 4.04. The molecule has 2 heterocycles. The summed E-state index contributed by atoms with van der Waals surface area (Å²) in [5.41, 5.74) is 7.25. The molecule has 2 rings (SSSR count). The van der Waals surface area contributed by atoms with E-state index < -0.39 is 0 Å². The van der Waals surface area contributed by atoms with Crippen LogP contribution in [0.4, 0.5) is 11.5 Å². The number of nitrogens with two attached hydrogens (primary N) is 1. The summed E-state index contributed by atoms with van der Waals surface area (Å²) < 4.78 is 0. The summed E-state index contributed by atoms with van der Waals surface area (Å²) >= 11 is 7.61. The van der Waals surface area contributed by atoms with Crippen LogP contribution in [0.3, 0.4) is 0 Å². The number of nitrogens with zero attached hydrogens (tertiary/aromatic N) is 2. The lowest BCUT2D eigenvalue weighted by Crippen LogP contribution is -2.18. The van der Waals surface area contributed by atoms with Crippen molar-refractivity contribution in [1.29, 1.82) is 0 Å². The van der Waals surface area contributed by atoms with Crippen molar-refractivity contribution in [2.45, 2.75) is 26.8 Å². The van der Waals surface area contributed by atoms with Gasteiger partial charge in [0, 0.05) is 4.88 Å². The van der Waals surface area contributed by atoms with Crippen molar-refractivity contribution in [3.63, 3.8) is 0 Å². The fraction of sp³-hybridized carbons (Fsp3) is 0.385. The second-order valence-corrected chi connectivity index (χ2v) is 6.04. The molecule has 0 fully saturated rings. The van der Waals surface area contributed by atoms with Crippen molar-refractivity contribution in [2.24, 2.45) is 5.92 Å². The van der Waals surface area contributed by atoms with Crippen LogP contribution in [0.2, 0.25) is 5.28 Å². The summed E-state index contributed by atoms with van der Waals surface area (Å²) in [6.07, 6.45) is 0. The van der Waals surface area contributed by atoms with E-state index in [1.165, 1.54) is 4.88 Å². The molecule has 0 aliphatic carbocycles. The molecule has 102 valence electrons. The number of nitrogen functional groups attached to an aromatic ring is 1. The van der Waals surface area contributed by atoms with Gasteiger partial charge in [-0.1, -0.05) is 19.9 Å². The Morgan fingerprint density at radius 2 is 2.11 bits per heavy atom. The Kier molecular flexibility index (Phi) is 4.27. The first-order chi connectivity index (χ1) is 8.99. The maximum absolute atomic E-state index is 6.01. The molecule has 2 aromatic rings. The summed E-state index contributed by atoms with van der Waals surface area (Å²) in [4.78, 5) is 9.48. The maximum Gasteiger partial charge on any atom is 0.224 e. The van der Waals surface area contributed by atoms with Gasteiger partial charge >= 0.3 is 0 Å². The zero-order valence-electron chi connectivity index (χ0n) is 11.1. The molecule has 19 heavy (non-hydrogen) atoms. The number of aryl methyl sites for hydroxylation is 1. The van der Waals surface area contributed by atoms with Gasteiger partial charge in [-0.3, -0.25) is 0 Å². The SMILES string of the molecule is Cc1nc(Cl)nc(NC(c2cccs2)C(C)C)c1N. The van der Waals surface area contributed by atoms with Gasteiger partial charge in [0.25, 0.3) is 0 Å². The Balaban J connectivity index is 2.33. The molecule has 0 aliphatic rings. The monoisotopic (exact) mass is 296 g/mol. The van der Waals surface area contributed by atoms with E-state index in [2.05, 4.69) is 40.6 Å². The highest BCUT2D eigenvalue weighted by molar-refractivity contribution is 7.10. The molecule has 0 amide bonds. The van der Waals surface area contributed by atoms with Crippen LogP contribution < -0.4 is 11.1 Å². The van der Waals surface area contributed by atoms with Crippen LogP contribution in [0.5, 0.6) is 0 Å². The van der Waals surface area contributed by atoms with E-state index in [1.807, 2.05) is 13.0 Å². The van der Waals surface area contributed by atoms with Crippen LogP contribution in [-0.4, -0.2) is 9.97 Å². The highest BCUT2D eigenvalue weighted by Gasteiger charge is 2.19. The molecule has 0 aliphatic heterocycles. The number of aromatic nitrogens is 2. The van der Waals surface area contributed by atoms with Crippen molar-refractivity contribution in [2.75, 3.05) is 11.1 Å². The zero-order valence-corrected chi connectivity index (χ0v) is 12.7. The van der Waals surface area contributed by atoms with Gasteiger partial charge in [0.05, 0.1) is 17.4 Å². The molecule has 3 N–H and O–H groups in total. The number of nitrogens with one attached hydrogen (secondary N) is 1. The number of rotatable bonds is 4. The molecule has 1 unspecified atom stereocenters. The summed E-state index contributed by atoms with van der Waals surface area (Å²) in [5.74, 6) is 1.01. The molecule has 0 radical (unpaired) electrons. The maximum atomic E-state index is 6.01. The van der Waals surface area contributed by atoms with Gasteiger partial charge in [-0.2, -0.15) is 4.98 Å². The van der Waals surface area contributed by atoms with Gasteiger partial charge in [0.1, 0.15) is 0 Å². The quantitative estimate of drug-likeness (QED) is 0.840. The minimum absolute atomic E-state index is 0.160. The second-order valence-electron chi connectivity index (χ2n) is 4.72. The largest absolute Gasteiger partial charge is 0.394 e. The Morgan fingerprint density at radius 1 is 1.37 bits per heavy atom. The normalized spacial score (nSPS) is 12.7. The fourth-order valence-electron chi connectivity index (χ4n) is 1.84. The molecule has 2 aromatic heterocycles. The fourth-order valence-corrected chi connectivity index (χ4v) is 3.00. The van der Waals surface area contributed by atoms with Crippen LogP contribution in [0.1, 0.15) is 30.5 Å². The Hall–Kier alpha value is -1.33. The van der Waals surface area contributed by atoms with E-state index in [1.54, 1.807) is 11.3 Å². The van der Waals surface area contributed by atoms with Gasteiger partial charge in [0.15, 0.2) is 5.82 Å². The van der Waals surface area contributed by atoms with E-state index in [0.29, 0.717) is 23.1 Å². The summed E-state index contributed by atoms with van der Waals surface area (Å²) in [5, 5.41) is 5.66. The lowest BCUT2D eigenvalue weighted by atomic mass is 10.0. The molecule has 0 spiro atoms. The van der Waals surface area contributed by atoms with Crippen molar-refractivity contribution < 1.29 is 0 Å². The zero-order chi connectivity index (χ0) is 14.0. The first kappa shape index (κ1) is 14.1. The van der Waals surface area contributed by atoms with Crippen LogP contribution in [0.25, 0.3) is 0 Å². The summed E-state index contributed by atoms with van der Waals surface area (Å²) in [6, 6.07) is 4.31. The smallest absolute Gasteiger partial charge is 0.224 e. The summed E-state index contributed by atoms with van der Waals surface area (Å²) in [6.45, 7) is 6.13. The molecule has 0 bridgehead atoms. The van der Waals surface area contributed by atoms with Crippen molar-refractivity contribution in [1.82, 2.24) is 9.97 Å². The van der Waals surface area contributed by atoms with Gasteiger partial charge in [-0.15, -0.1) is 11.3 Å². The highest BCUT2D eigenvalue weighted by Crippen LogP contribution is 2.31. The Morgan fingerprint density at radius 3 is 2.68 bits per heavy atom. The van der Waals surface area contributed by atoms with Gasteiger partial charge in [-0.05, 0) is 35.9 Å². The van der Waals surface area contributed by atoms with Crippen LogP contribution in [-0.2, 0) is 0 Å². The number of hydrogen-bond acceptors (Lipinski definition) is 5. The first-order valence-electron chi connectivity index (χ1n) is 6.08. The van der Waals surface area contributed by atoms with E-state index in [9.17, 15) is 0 Å². The highest BCUT2D eigenvalue weighted by atomic mass is 35.5. The molecule has 1 atom stereocenters. The molecule has 0 saturated carbocycles. The molecule has 4 nitrogen and oxygen atoms in total. The van der Waals surface area contributed by atoms with Crippen LogP contribution in [0, 0.1) is 12.8 Å². The predicted molar refractivity (Wildman–Crippen MR) is 81.7 cm³/mol. The van der Waals surface area contributed by atoms with Crippen molar-refractivity contribution in [3.05, 3.63) is 33.4 Å². The number of hydrogen-bond donors (Lipinski definition) is 2. The molecular weight excluding hydrogens is 280 g/mol. The van der Waals surface area contributed by atoms with Gasteiger partial charge < -0.3 is 11.1 Å². The number of anilines is 2. The number of halogens is 1.